The summed E-state index contributed by atoms with van der Waals surface area (Å²) >= 11 is 0. The van der Waals surface area contributed by atoms with Gasteiger partial charge in [0.1, 0.15) is 0 Å². The van der Waals surface area contributed by atoms with Crippen molar-refractivity contribution in [3.8, 4) is 17.9 Å². The lowest BCUT2D eigenvalue weighted by Crippen LogP contribution is -2.10. The fourth-order valence-electron chi connectivity index (χ4n) is 1.67. The van der Waals surface area contributed by atoms with E-state index in [0.717, 1.165) is 11.8 Å². The molecule has 0 radical (unpaired) electrons. The Labute approximate surface area is 124 Å². The van der Waals surface area contributed by atoms with Crippen molar-refractivity contribution < 1.29 is 8.42 Å². The van der Waals surface area contributed by atoms with Crippen LogP contribution in [0.15, 0.2) is 48.5 Å². The van der Waals surface area contributed by atoms with Gasteiger partial charge in [0.15, 0.2) is 0 Å². The van der Waals surface area contributed by atoms with Crippen LogP contribution in [0.2, 0.25) is 0 Å². The molecule has 0 aliphatic heterocycles. The van der Waals surface area contributed by atoms with Crippen LogP contribution in [-0.2, 0) is 10.0 Å². The Morgan fingerprint density at radius 3 is 2.33 bits per heavy atom. The standard InChI is InChI=1S/C16H12N2O2S/c1-21(19,20)18-16-10-8-14(12-17)11-15(16)9-7-13-5-3-2-4-6-13/h2-6,8,10-11,18H,1H3. The van der Waals surface area contributed by atoms with E-state index in [1.807, 2.05) is 36.4 Å². The summed E-state index contributed by atoms with van der Waals surface area (Å²) in [6, 6.07) is 16.0. The summed E-state index contributed by atoms with van der Waals surface area (Å²) in [5.41, 5.74) is 2.06. The van der Waals surface area contributed by atoms with Gasteiger partial charge in [-0.05, 0) is 30.3 Å². The van der Waals surface area contributed by atoms with Crippen molar-refractivity contribution >= 4 is 15.7 Å². The number of nitrogens with zero attached hydrogens (tertiary/aromatic N) is 1. The molecule has 0 heterocycles. The first-order chi connectivity index (χ1) is 9.98. The summed E-state index contributed by atoms with van der Waals surface area (Å²) in [5.74, 6) is 5.84. The zero-order valence-corrected chi connectivity index (χ0v) is 12.1. The molecule has 0 saturated heterocycles. The molecule has 1 N–H and O–H groups in total. The van der Waals surface area contributed by atoms with Crippen LogP contribution in [-0.4, -0.2) is 14.7 Å². The first-order valence-corrected chi connectivity index (χ1v) is 7.96. The molecule has 0 aliphatic carbocycles. The minimum Gasteiger partial charge on any atom is -0.283 e. The van der Waals surface area contributed by atoms with Crippen molar-refractivity contribution in [3.63, 3.8) is 0 Å². The van der Waals surface area contributed by atoms with Gasteiger partial charge in [-0.3, -0.25) is 4.72 Å². The Kier molecular flexibility index (Phi) is 4.27. The summed E-state index contributed by atoms with van der Waals surface area (Å²) in [7, 11) is -3.40. The highest BCUT2D eigenvalue weighted by molar-refractivity contribution is 7.92. The second-order valence-electron chi connectivity index (χ2n) is 4.36. The third kappa shape index (κ3) is 4.38. The molecular weight excluding hydrogens is 284 g/mol. The normalized spacial score (nSPS) is 10.1. The molecule has 0 spiro atoms. The van der Waals surface area contributed by atoms with E-state index in [1.165, 1.54) is 6.07 Å². The van der Waals surface area contributed by atoms with Gasteiger partial charge in [0, 0.05) is 5.56 Å². The van der Waals surface area contributed by atoms with Crippen LogP contribution in [0.5, 0.6) is 0 Å². The second-order valence-corrected chi connectivity index (χ2v) is 6.11. The highest BCUT2D eigenvalue weighted by Crippen LogP contribution is 2.17. The van der Waals surface area contributed by atoms with E-state index in [4.69, 9.17) is 5.26 Å². The number of nitrogens with one attached hydrogen (secondary N) is 1. The van der Waals surface area contributed by atoms with Gasteiger partial charge in [0.05, 0.1) is 29.1 Å². The van der Waals surface area contributed by atoms with Crippen molar-refractivity contribution in [1.82, 2.24) is 0 Å². The average Bonchev–Trinajstić information content (AvgIpc) is 2.46. The van der Waals surface area contributed by atoms with E-state index < -0.39 is 10.0 Å². The molecule has 0 saturated carbocycles. The number of sulfonamides is 1. The smallest absolute Gasteiger partial charge is 0.229 e. The van der Waals surface area contributed by atoms with Crippen LogP contribution < -0.4 is 4.72 Å². The summed E-state index contributed by atoms with van der Waals surface area (Å²) in [6.07, 6.45) is 1.07. The highest BCUT2D eigenvalue weighted by atomic mass is 32.2. The van der Waals surface area contributed by atoms with E-state index >= 15 is 0 Å². The number of hydrogen-bond acceptors (Lipinski definition) is 3. The van der Waals surface area contributed by atoms with Gasteiger partial charge in [0.25, 0.3) is 0 Å². The van der Waals surface area contributed by atoms with E-state index in [2.05, 4.69) is 16.6 Å². The summed E-state index contributed by atoms with van der Waals surface area (Å²) in [6.45, 7) is 0. The van der Waals surface area contributed by atoms with Crippen LogP contribution in [0, 0.1) is 23.2 Å². The van der Waals surface area contributed by atoms with E-state index in [0.29, 0.717) is 16.8 Å². The van der Waals surface area contributed by atoms with Gasteiger partial charge in [-0.2, -0.15) is 5.26 Å². The molecule has 21 heavy (non-hydrogen) atoms. The molecule has 4 nitrogen and oxygen atoms in total. The second kappa shape index (κ2) is 6.13. The third-order valence-corrected chi connectivity index (χ3v) is 3.15. The third-order valence-electron chi connectivity index (χ3n) is 2.56. The average molecular weight is 296 g/mol. The van der Waals surface area contributed by atoms with Crippen molar-refractivity contribution in [2.75, 3.05) is 11.0 Å². The number of benzene rings is 2. The molecule has 0 amide bonds. The predicted octanol–water partition coefficient (Wildman–Crippen LogP) is 2.33. The minimum atomic E-state index is -3.40. The number of hydrogen-bond donors (Lipinski definition) is 1. The number of anilines is 1. The maximum atomic E-state index is 11.4. The molecule has 0 aromatic heterocycles. The molecule has 2 aromatic rings. The summed E-state index contributed by atoms with van der Waals surface area (Å²) < 4.78 is 25.1. The zero-order valence-electron chi connectivity index (χ0n) is 11.3. The minimum absolute atomic E-state index is 0.361. The lowest BCUT2D eigenvalue weighted by Gasteiger charge is -2.06. The van der Waals surface area contributed by atoms with Crippen LogP contribution in [0.4, 0.5) is 5.69 Å². The van der Waals surface area contributed by atoms with Crippen LogP contribution in [0.3, 0.4) is 0 Å². The SMILES string of the molecule is CS(=O)(=O)Nc1ccc(C#N)cc1C#Cc1ccccc1. The van der Waals surface area contributed by atoms with Gasteiger partial charge in [-0.15, -0.1) is 0 Å². The number of rotatable bonds is 2. The molecule has 2 rings (SSSR count). The fourth-order valence-corrected chi connectivity index (χ4v) is 2.24. The van der Waals surface area contributed by atoms with Gasteiger partial charge in [0.2, 0.25) is 10.0 Å². The Hall–Kier alpha value is -2.76. The van der Waals surface area contributed by atoms with Crippen LogP contribution in [0.1, 0.15) is 16.7 Å². The highest BCUT2D eigenvalue weighted by Gasteiger charge is 2.07. The van der Waals surface area contributed by atoms with Gasteiger partial charge >= 0.3 is 0 Å². The molecule has 5 heteroatoms. The Bertz CT molecular complexity index is 855. The molecule has 0 unspecified atom stereocenters. The molecule has 0 fully saturated rings. The Morgan fingerprint density at radius 1 is 1.00 bits per heavy atom. The molecule has 0 atom stereocenters. The Balaban J connectivity index is 2.46. The van der Waals surface area contributed by atoms with Gasteiger partial charge < -0.3 is 0 Å². The molecule has 0 bridgehead atoms. The summed E-state index contributed by atoms with van der Waals surface area (Å²) in [5, 5.41) is 8.93. The lowest BCUT2D eigenvalue weighted by atomic mass is 10.1. The lowest BCUT2D eigenvalue weighted by molar-refractivity contribution is 0.607. The maximum Gasteiger partial charge on any atom is 0.229 e. The van der Waals surface area contributed by atoms with E-state index in [1.54, 1.807) is 12.1 Å². The molecule has 0 aliphatic rings. The fraction of sp³-hybridized carbons (Fsp3) is 0.0625. The predicted molar refractivity (Wildman–Crippen MR) is 82.0 cm³/mol. The first kappa shape index (κ1) is 14.6. The molecular formula is C16H12N2O2S. The topological polar surface area (TPSA) is 70.0 Å². The van der Waals surface area contributed by atoms with Crippen molar-refractivity contribution in [3.05, 3.63) is 65.2 Å². The van der Waals surface area contributed by atoms with Gasteiger partial charge in [-0.25, -0.2) is 8.42 Å². The largest absolute Gasteiger partial charge is 0.283 e. The zero-order chi connectivity index (χ0) is 15.3. The van der Waals surface area contributed by atoms with E-state index in [-0.39, 0.29) is 0 Å². The Morgan fingerprint density at radius 2 is 1.71 bits per heavy atom. The van der Waals surface area contributed by atoms with E-state index in [9.17, 15) is 8.42 Å². The van der Waals surface area contributed by atoms with Crippen molar-refractivity contribution in [2.45, 2.75) is 0 Å². The van der Waals surface area contributed by atoms with Gasteiger partial charge in [-0.1, -0.05) is 30.0 Å². The van der Waals surface area contributed by atoms with Crippen molar-refractivity contribution in [2.24, 2.45) is 0 Å². The summed E-state index contributed by atoms with van der Waals surface area (Å²) in [4.78, 5) is 0. The van der Waals surface area contributed by atoms with Crippen LogP contribution >= 0.6 is 0 Å². The number of nitriles is 1. The quantitative estimate of drug-likeness (QED) is 0.865. The first-order valence-electron chi connectivity index (χ1n) is 6.07. The van der Waals surface area contributed by atoms with Crippen molar-refractivity contribution in [1.29, 1.82) is 5.26 Å². The maximum absolute atomic E-state index is 11.4. The molecule has 2 aromatic carbocycles. The molecule has 104 valence electrons. The van der Waals surface area contributed by atoms with Crippen LogP contribution in [0.25, 0.3) is 0 Å². The monoisotopic (exact) mass is 296 g/mol.